The summed E-state index contributed by atoms with van der Waals surface area (Å²) in [5, 5.41) is 2.67. The summed E-state index contributed by atoms with van der Waals surface area (Å²) < 4.78 is 5.18. The van der Waals surface area contributed by atoms with Crippen molar-refractivity contribution in [1.29, 1.82) is 0 Å². The van der Waals surface area contributed by atoms with Crippen molar-refractivity contribution in [2.24, 2.45) is 0 Å². The molecular weight excluding hydrogens is 420 g/mol. The highest BCUT2D eigenvalue weighted by Gasteiger charge is 2.26. The van der Waals surface area contributed by atoms with Crippen LogP contribution in [0.1, 0.15) is 30.9 Å². The van der Waals surface area contributed by atoms with Crippen molar-refractivity contribution in [1.82, 2.24) is 19.9 Å². The third-order valence-corrected chi connectivity index (χ3v) is 6.13. The Hall–Kier alpha value is -3.46. The van der Waals surface area contributed by atoms with Gasteiger partial charge in [0, 0.05) is 44.5 Å². The minimum atomic E-state index is -0.440. The molecule has 2 fully saturated rings. The van der Waals surface area contributed by atoms with Crippen LogP contribution in [0.2, 0.25) is 0 Å². The minimum Gasteiger partial charge on any atom is -0.446 e. The Labute approximate surface area is 191 Å². The first-order valence-corrected chi connectivity index (χ1v) is 11.5. The van der Waals surface area contributed by atoms with E-state index in [0.717, 1.165) is 73.4 Å². The summed E-state index contributed by atoms with van der Waals surface area (Å²) >= 11 is 0. The highest BCUT2D eigenvalue weighted by molar-refractivity contribution is 5.83. The molecule has 1 saturated heterocycles. The molecule has 1 aliphatic heterocycles. The molecule has 0 unspecified atom stereocenters. The Morgan fingerprint density at radius 2 is 1.97 bits per heavy atom. The van der Waals surface area contributed by atoms with E-state index in [-0.39, 0.29) is 11.7 Å². The molecule has 0 radical (unpaired) electrons. The van der Waals surface area contributed by atoms with Crippen LogP contribution in [-0.2, 0) is 17.7 Å². The van der Waals surface area contributed by atoms with Gasteiger partial charge in [0.05, 0.1) is 22.9 Å². The fourth-order valence-electron chi connectivity index (χ4n) is 4.06. The van der Waals surface area contributed by atoms with Crippen LogP contribution >= 0.6 is 0 Å². The lowest BCUT2D eigenvalue weighted by atomic mass is 10.1. The quantitative estimate of drug-likeness (QED) is 0.598. The molecule has 9 heteroatoms. The molecule has 0 atom stereocenters. The van der Waals surface area contributed by atoms with Crippen LogP contribution in [0, 0.1) is 0 Å². The zero-order valence-electron chi connectivity index (χ0n) is 18.7. The van der Waals surface area contributed by atoms with Gasteiger partial charge in [-0.3, -0.25) is 20.0 Å². The van der Waals surface area contributed by atoms with Gasteiger partial charge in [-0.1, -0.05) is 6.92 Å². The van der Waals surface area contributed by atoms with Gasteiger partial charge in [0.1, 0.15) is 11.9 Å². The number of hydrogen-bond donors (Lipinski definition) is 2. The van der Waals surface area contributed by atoms with Gasteiger partial charge in [-0.25, -0.2) is 9.78 Å². The van der Waals surface area contributed by atoms with Crippen molar-refractivity contribution in [3.05, 3.63) is 58.1 Å². The molecule has 5 rings (SSSR count). The molecule has 1 saturated carbocycles. The summed E-state index contributed by atoms with van der Waals surface area (Å²) in [6.07, 6.45) is 5.91. The maximum atomic E-state index is 12.1. The van der Waals surface area contributed by atoms with Crippen LogP contribution in [0.25, 0.3) is 11.0 Å². The molecule has 1 aliphatic carbocycles. The van der Waals surface area contributed by atoms with Gasteiger partial charge in [-0.2, -0.15) is 0 Å². The summed E-state index contributed by atoms with van der Waals surface area (Å²) in [5.74, 6) is 0.496. The van der Waals surface area contributed by atoms with Crippen molar-refractivity contribution in [3.8, 4) is 0 Å². The Kier molecular flexibility index (Phi) is 5.95. The lowest BCUT2D eigenvalue weighted by molar-refractivity contribution is 0.154. The van der Waals surface area contributed by atoms with Gasteiger partial charge in [-0.15, -0.1) is 0 Å². The maximum Gasteiger partial charge on any atom is 0.413 e. The van der Waals surface area contributed by atoms with Crippen molar-refractivity contribution in [2.75, 3.05) is 36.4 Å². The zero-order valence-corrected chi connectivity index (χ0v) is 18.7. The zero-order chi connectivity index (χ0) is 22.8. The first-order valence-electron chi connectivity index (χ1n) is 11.5. The number of nitrogens with zero attached hydrogens (tertiary/aromatic N) is 4. The Balaban J connectivity index is 1.15. The Morgan fingerprint density at radius 1 is 1.15 bits per heavy atom. The average molecular weight is 449 g/mol. The number of hydrogen-bond acceptors (Lipinski definition) is 7. The van der Waals surface area contributed by atoms with E-state index < -0.39 is 6.09 Å². The van der Waals surface area contributed by atoms with E-state index in [2.05, 4.69) is 30.1 Å². The topological polar surface area (TPSA) is 103 Å². The van der Waals surface area contributed by atoms with E-state index in [4.69, 9.17) is 4.74 Å². The van der Waals surface area contributed by atoms with E-state index in [1.54, 1.807) is 12.3 Å². The van der Waals surface area contributed by atoms with E-state index in [1.807, 2.05) is 31.3 Å². The molecular formula is C24H28N6O3. The number of anilines is 2. The summed E-state index contributed by atoms with van der Waals surface area (Å²) in [7, 11) is 0. The summed E-state index contributed by atoms with van der Waals surface area (Å²) in [6.45, 7) is 6.36. The summed E-state index contributed by atoms with van der Waals surface area (Å²) in [5.41, 5.74) is 4.46. The van der Waals surface area contributed by atoms with Crippen molar-refractivity contribution < 1.29 is 9.53 Å². The van der Waals surface area contributed by atoms with Crippen LogP contribution in [0.5, 0.6) is 0 Å². The maximum absolute atomic E-state index is 12.1. The molecule has 172 valence electrons. The number of fused-ring (bicyclic) bond motifs is 1. The van der Waals surface area contributed by atoms with Crippen LogP contribution in [0.4, 0.5) is 16.3 Å². The SMILES string of the molecule is CCc1cc2ncc(CN3CCN(c4ccc(NC(=O)OC5CC5)nc4)CC3)cc2[nH]c1=O. The number of amides is 1. The summed E-state index contributed by atoms with van der Waals surface area (Å²) in [4.78, 5) is 40.4. The second-order valence-corrected chi connectivity index (χ2v) is 8.65. The number of nitrogens with one attached hydrogen (secondary N) is 2. The number of aryl methyl sites for hydroxylation is 1. The molecule has 4 heterocycles. The molecule has 9 nitrogen and oxygen atoms in total. The number of carbonyl (C=O) groups is 1. The fourth-order valence-corrected chi connectivity index (χ4v) is 4.06. The second-order valence-electron chi connectivity index (χ2n) is 8.65. The predicted molar refractivity (Wildman–Crippen MR) is 127 cm³/mol. The molecule has 3 aromatic heterocycles. The molecule has 1 amide bonds. The highest BCUT2D eigenvalue weighted by atomic mass is 16.6. The third kappa shape index (κ3) is 5.14. The minimum absolute atomic E-state index is 0.0350. The normalized spacial score (nSPS) is 16.7. The summed E-state index contributed by atoms with van der Waals surface area (Å²) in [6, 6.07) is 7.69. The Morgan fingerprint density at radius 3 is 2.67 bits per heavy atom. The number of ether oxygens (including phenoxy) is 1. The number of aromatic nitrogens is 3. The van der Waals surface area contributed by atoms with Gasteiger partial charge in [0.2, 0.25) is 0 Å². The van der Waals surface area contributed by atoms with Gasteiger partial charge in [-0.05, 0) is 49.1 Å². The number of piperazine rings is 1. The van der Waals surface area contributed by atoms with Gasteiger partial charge in [0.25, 0.3) is 5.56 Å². The monoisotopic (exact) mass is 448 g/mol. The lowest BCUT2D eigenvalue weighted by Gasteiger charge is -2.36. The van der Waals surface area contributed by atoms with Crippen molar-refractivity contribution >= 4 is 28.6 Å². The molecule has 2 N–H and O–H groups in total. The average Bonchev–Trinajstić information content (AvgIpc) is 3.63. The van der Waals surface area contributed by atoms with Gasteiger partial charge >= 0.3 is 6.09 Å². The van der Waals surface area contributed by atoms with Gasteiger partial charge < -0.3 is 14.6 Å². The van der Waals surface area contributed by atoms with E-state index >= 15 is 0 Å². The smallest absolute Gasteiger partial charge is 0.413 e. The molecule has 2 aliphatic rings. The molecule has 0 aromatic carbocycles. The third-order valence-electron chi connectivity index (χ3n) is 6.13. The Bertz CT molecular complexity index is 1200. The van der Waals surface area contributed by atoms with Crippen LogP contribution < -0.4 is 15.8 Å². The van der Waals surface area contributed by atoms with Crippen LogP contribution in [0.15, 0.2) is 41.5 Å². The van der Waals surface area contributed by atoms with Crippen molar-refractivity contribution in [3.63, 3.8) is 0 Å². The van der Waals surface area contributed by atoms with E-state index in [9.17, 15) is 9.59 Å². The second kappa shape index (κ2) is 9.19. The molecule has 33 heavy (non-hydrogen) atoms. The van der Waals surface area contributed by atoms with E-state index in [0.29, 0.717) is 12.2 Å². The van der Waals surface area contributed by atoms with Crippen LogP contribution in [0.3, 0.4) is 0 Å². The van der Waals surface area contributed by atoms with Crippen LogP contribution in [-0.4, -0.2) is 58.2 Å². The number of aromatic amines is 1. The molecule has 0 bridgehead atoms. The standard InChI is InChI=1S/C24H28N6O3/c1-2-17-12-20-21(27-23(17)31)11-16(13-25-20)15-29-7-9-30(10-8-29)18-3-6-22(26-14-18)28-24(32)33-19-4-5-19/h3,6,11-14,19H,2,4-5,7-10,15H2,1H3,(H,27,31)(H,26,28,32). The predicted octanol–water partition coefficient (Wildman–Crippen LogP) is 2.91. The number of carbonyl (C=O) groups excluding carboxylic acids is 1. The number of H-pyrrole nitrogens is 1. The van der Waals surface area contributed by atoms with E-state index in [1.165, 1.54) is 0 Å². The lowest BCUT2D eigenvalue weighted by Crippen LogP contribution is -2.46. The molecule has 0 spiro atoms. The van der Waals surface area contributed by atoms with Crippen molar-refractivity contribution in [2.45, 2.75) is 38.8 Å². The first-order chi connectivity index (χ1) is 16.1. The van der Waals surface area contributed by atoms with Gasteiger partial charge in [0.15, 0.2) is 0 Å². The number of pyridine rings is 3. The highest BCUT2D eigenvalue weighted by Crippen LogP contribution is 2.24. The number of rotatable bonds is 6. The first kappa shape index (κ1) is 21.4. The molecule has 3 aromatic rings. The fraction of sp³-hybridized carbons (Fsp3) is 0.417. The largest absolute Gasteiger partial charge is 0.446 e.